The predicted molar refractivity (Wildman–Crippen MR) is 65.4 cm³/mol. The molecule has 0 atom stereocenters. The molecule has 0 spiro atoms. The van der Waals surface area contributed by atoms with Gasteiger partial charge >= 0.3 is 6.03 Å². The number of rotatable bonds is 5. The lowest BCUT2D eigenvalue weighted by Gasteiger charge is -2.03. The molecule has 0 aromatic carbocycles. The minimum atomic E-state index is -0.231. The minimum absolute atomic E-state index is 0.231. The number of carbonyl (C=O) groups is 1. The van der Waals surface area contributed by atoms with Gasteiger partial charge in [0.05, 0.1) is 11.6 Å². The maximum Gasteiger partial charge on any atom is 0.315 e. The van der Waals surface area contributed by atoms with Crippen molar-refractivity contribution in [3.05, 3.63) is 16.1 Å². The number of carbonyl (C=O) groups excluding carboxylic acids is 1. The SMILES string of the molecule is C#CCNC(=O)NCCc1ncc(CC)s1. The lowest BCUT2D eigenvalue weighted by atomic mass is 10.4. The summed E-state index contributed by atoms with van der Waals surface area (Å²) in [4.78, 5) is 16.6. The van der Waals surface area contributed by atoms with E-state index in [0.717, 1.165) is 17.8 Å². The molecule has 86 valence electrons. The number of thiazole rings is 1. The zero-order valence-corrected chi connectivity index (χ0v) is 10.1. The van der Waals surface area contributed by atoms with Gasteiger partial charge in [-0.1, -0.05) is 12.8 Å². The first-order valence-corrected chi connectivity index (χ1v) is 5.96. The minimum Gasteiger partial charge on any atom is -0.338 e. The largest absolute Gasteiger partial charge is 0.338 e. The van der Waals surface area contributed by atoms with Crippen LogP contribution in [0.5, 0.6) is 0 Å². The predicted octanol–water partition coefficient (Wildman–Crippen LogP) is 1.18. The third-order valence-electron chi connectivity index (χ3n) is 1.93. The van der Waals surface area contributed by atoms with Crippen LogP contribution in [0.3, 0.4) is 0 Å². The van der Waals surface area contributed by atoms with Crippen molar-refractivity contribution in [3.8, 4) is 12.3 Å². The Morgan fingerprint density at radius 1 is 1.62 bits per heavy atom. The van der Waals surface area contributed by atoms with Crippen molar-refractivity contribution in [1.82, 2.24) is 15.6 Å². The molecular formula is C11H15N3OS. The maximum atomic E-state index is 11.1. The lowest BCUT2D eigenvalue weighted by Crippen LogP contribution is -2.36. The number of hydrogen-bond acceptors (Lipinski definition) is 3. The molecule has 0 radical (unpaired) electrons. The van der Waals surface area contributed by atoms with Crippen LogP contribution in [0, 0.1) is 12.3 Å². The van der Waals surface area contributed by atoms with Crippen LogP contribution in [0.1, 0.15) is 16.8 Å². The van der Waals surface area contributed by atoms with Crippen molar-refractivity contribution in [3.63, 3.8) is 0 Å². The molecule has 0 unspecified atom stereocenters. The highest BCUT2D eigenvalue weighted by Gasteiger charge is 2.01. The molecule has 5 heteroatoms. The van der Waals surface area contributed by atoms with Gasteiger partial charge in [0, 0.05) is 24.0 Å². The number of aromatic nitrogens is 1. The van der Waals surface area contributed by atoms with E-state index in [0.29, 0.717) is 6.54 Å². The number of nitrogens with one attached hydrogen (secondary N) is 2. The van der Waals surface area contributed by atoms with E-state index in [-0.39, 0.29) is 12.6 Å². The zero-order chi connectivity index (χ0) is 11.8. The Labute approximate surface area is 99.5 Å². The van der Waals surface area contributed by atoms with Crippen LogP contribution in [0.2, 0.25) is 0 Å². The van der Waals surface area contributed by atoms with E-state index in [9.17, 15) is 4.79 Å². The number of amides is 2. The van der Waals surface area contributed by atoms with E-state index < -0.39 is 0 Å². The van der Waals surface area contributed by atoms with Gasteiger partial charge in [0.1, 0.15) is 0 Å². The van der Waals surface area contributed by atoms with Crippen molar-refractivity contribution in [2.45, 2.75) is 19.8 Å². The summed E-state index contributed by atoms with van der Waals surface area (Å²) in [5, 5.41) is 6.30. The number of hydrogen-bond donors (Lipinski definition) is 2. The Kier molecular flexibility index (Phi) is 5.37. The first-order chi connectivity index (χ1) is 7.76. The monoisotopic (exact) mass is 237 g/mol. The van der Waals surface area contributed by atoms with Gasteiger partial charge in [-0.15, -0.1) is 17.8 Å². The van der Waals surface area contributed by atoms with Crippen LogP contribution in [0.4, 0.5) is 4.79 Å². The summed E-state index contributed by atoms with van der Waals surface area (Å²) < 4.78 is 0. The van der Waals surface area contributed by atoms with Crippen molar-refractivity contribution >= 4 is 17.4 Å². The molecule has 0 aliphatic heterocycles. The van der Waals surface area contributed by atoms with Gasteiger partial charge in [0.25, 0.3) is 0 Å². The van der Waals surface area contributed by atoms with Crippen LogP contribution >= 0.6 is 11.3 Å². The molecule has 4 nitrogen and oxygen atoms in total. The summed E-state index contributed by atoms with van der Waals surface area (Å²) in [7, 11) is 0. The third-order valence-corrected chi connectivity index (χ3v) is 3.13. The van der Waals surface area contributed by atoms with E-state index in [4.69, 9.17) is 6.42 Å². The Bertz CT molecular complexity index is 381. The quantitative estimate of drug-likeness (QED) is 0.756. The molecule has 16 heavy (non-hydrogen) atoms. The van der Waals surface area contributed by atoms with Gasteiger partial charge in [0.2, 0.25) is 0 Å². The van der Waals surface area contributed by atoms with Gasteiger partial charge in [-0.2, -0.15) is 0 Å². The summed E-state index contributed by atoms with van der Waals surface area (Å²) in [5.74, 6) is 2.34. The van der Waals surface area contributed by atoms with E-state index >= 15 is 0 Å². The van der Waals surface area contributed by atoms with Crippen molar-refractivity contribution in [2.75, 3.05) is 13.1 Å². The van der Waals surface area contributed by atoms with Crippen LogP contribution in [-0.4, -0.2) is 24.1 Å². The van der Waals surface area contributed by atoms with Crippen molar-refractivity contribution in [2.24, 2.45) is 0 Å². The number of nitrogens with zero attached hydrogens (tertiary/aromatic N) is 1. The summed E-state index contributed by atoms with van der Waals surface area (Å²) in [5.41, 5.74) is 0. The van der Waals surface area contributed by atoms with Gasteiger partial charge < -0.3 is 10.6 Å². The molecule has 0 bridgehead atoms. The third kappa shape index (κ3) is 4.32. The topological polar surface area (TPSA) is 54.0 Å². The average molecular weight is 237 g/mol. The normalized spacial score (nSPS) is 9.50. The van der Waals surface area contributed by atoms with Crippen molar-refractivity contribution < 1.29 is 4.79 Å². The number of urea groups is 1. The van der Waals surface area contributed by atoms with E-state index in [1.54, 1.807) is 11.3 Å². The molecule has 1 heterocycles. The van der Waals surface area contributed by atoms with Crippen LogP contribution in [0.25, 0.3) is 0 Å². The maximum absolute atomic E-state index is 11.1. The van der Waals surface area contributed by atoms with Crippen molar-refractivity contribution in [1.29, 1.82) is 0 Å². The molecule has 0 saturated carbocycles. The molecule has 1 rings (SSSR count). The zero-order valence-electron chi connectivity index (χ0n) is 9.25. The smallest absolute Gasteiger partial charge is 0.315 e. The lowest BCUT2D eigenvalue weighted by molar-refractivity contribution is 0.242. The average Bonchev–Trinajstić information content (AvgIpc) is 2.74. The highest BCUT2D eigenvalue weighted by atomic mass is 32.1. The molecule has 0 fully saturated rings. The first kappa shape index (κ1) is 12.5. The Morgan fingerprint density at radius 2 is 2.44 bits per heavy atom. The van der Waals surface area contributed by atoms with Crippen LogP contribution in [-0.2, 0) is 12.8 Å². The molecule has 2 amide bonds. The molecule has 1 aromatic heterocycles. The Balaban J connectivity index is 2.20. The molecule has 0 saturated heterocycles. The number of terminal acetylenes is 1. The summed E-state index contributed by atoms with van der Waals surface area (Å²) in [6.07, 6.45) is 8.67. The first-order valence-electron chi connectivity index (χ1n) is 5.15. The van der Waals surface area contributed by atoms with E-state index in [1.165, 1.54) is 4.88 Å². The van der Waals surface area contributed by atoms with Crippen LogP contribution in [0.15, 0.2) is 6.20 Å². The molecular weight excluding hydrogens is 222 g/mol. The molecule has 0 aliphatic rings. The number of aryl methyl sites for hydroxylation is 1. The van der Waals surface area contributed by atoms with Gasteiger partial charge in [0.15, 0.2) is 0 Å². The van der Waals surface area contributed by atoms with Gasteiger partial charge in [-0.3, -0.25) is 0 Å². The van der Waals surface area contributed by atoms with Gasteiger partial charge in [-0.05, 0) is 6.42 Å². The Morgan fingerprint density at radius 3 is 3.06 bits per heavy atom. The fraction of sp³-hybridized carbons (Fsp3) is 0.455. The van der Waals surface area contributed by atoms with E-state index in [1.807, 2.05) is 6.20 Å². The second-order valence-corrected chi connectivity index (χ2v) is 4.34. The molecule has 2 N–H and O–H groups in total. The fourth-order valence-electron chi connectivity index (χ4n) is 1.10. The molecule has 0 aliphatic carbocycles. The summed E-state index contributed by atoms with van der Waals surface area (Å²) >= 11 is 1.69. The highest BCUT2D eigenvalue weighted by molar-refractivity contribution is 7.11. The molecule has 1 aromatic rings. The second kappa shape index (κ2) is 6.85. The fourth-order valence-corrected chi connectivity index (χ4v) is 1.97. The van der Waals surface area contributed by atoms with Gasteiger partial charge in [-0.25, -0.2) is 9.78 Å². The van der Waals surface area contributed by atoms with E-state index in [2.05, 4.69) is 28.5 Å². The summed E-state index contributed by atoms with van der Waals surface area (Å²) in [6.45, 7) is 2.93. The second-order valence-electron chi connectivity index (χ2n) is 3.14. The van der Waals surface area contributed by atoms with Crippen LogP contribution < -0.4 is 10.6 Å². The highest BCUT2D eigenvalue weighted by Crippen LogP contribution is 2.13. The standard InChI is InChI=1S/C11H15N3OS/c1-3-6-12-11(15)13-7-5-10-14-8-9(4-2)16-10/h1,8H,4-7H2,2H3,(H2,12,13,15). The Hall–Kier alpha value is -1.54. The summed E-state index contributed by atoms with van der Waals surface area (Å²) in [6, 6.07) is -0.231.